The molecule has 0 radical (unpaired) electrons. The Morgan fingerprint density at radius 2 is 1.78 bits per heavy atom. The van der Waals surface area contributed by atoms with Gasteiger partial charge in [-0.1, -0.05) is 36.4 Å². The number of halogens is 1. The Labute approximate surface area is 158 Å². The van der Waals surface area contributed by atoms with E-state index >= 15 is 0 Å². The molecule has 1 atom stereocenters. The molecule has 0 aliphatic heterocycles. The molecule has 0 fully saturated rings. The Bertz CT molecular complexity index is 937. The minimum Gasteiger partial charge on any atom is -0.334 e. The summed E-state index contributed by atoms with van der Waals surface area (Å²) in [5, 5.41) is 10.2. The molecule has 5 nitrogen and oxygen atoms in total. The summed E-state index contributed by atoms with van der Waals surface area (Å²) in [4.78, 5) is 12.2. The first-order valence-corrected chi connectivity index (χ1v) is 8.86. The predicted molar refractivity (Wildman–Crippen MR) is 103 cm³/mol. The molecule has 0 saturated carbocycles. The molecule has 3 rings (SSSR count). The van der Waals surface area contributed by atoms with Crippen LogP contribution in [0.25, 0.3) is 5.69 Å². The van der Waals surface area contributed by atoms with Gasteiger partial charge in [0.1, 0.15) is 5.82 Å². The second-order valence-electron chi connectivity index (χ2n) is 6.47. The molecule has 0 aliphatic rings. The molecule has 2 amide bonds. The van der Waals surface area contributed by atoms with Gasteiger partial charge in [-0.15, -0.1) is 0 Å². The van der Waals surface area contributed by atoms with Crippen LogP contribution in [0.3, 0.4) is 0 Å². The number of carbonyl (C=O) groups excluding carboxylic acids is 1. The molecular weight excluding hydrogens is 343 g/mol. The second-order valence-corrected chi connectivity index (χ2v) is 6.47. The topological polar surface area (TPSA) is 59.0 Å². The fourth-order valence-electron chi connectivity index (χ4n) is 3.07. The molecule has 140 valence electrons. The highest BCUT2D eigenvalue weighted by atomic mass is 19.1. The van der Waals surface area contributed by atoms with Crippen molar-refractivity contribution in [2.24, 2.45) is 0 Å². The first-order chi connectivity index (χ1) is 13.0. The molecule has 27 heavy (non-hydrogen) atoms. The number of nitrogens with one attached hydrogen (secondary N) is 2. The van der Waals surface area contributed by atoms with Crippen molar-refractivity contribution in [2.75, 3.05) is 0 Å². The summed E-state index contributed by atoms with van der Waals surface area (Å²) >= 11 is 0. The number of hydrogen-bond acceptors (Lipinski definition) is 2. The van der Waals surface area contributed by atoms with E-state index in [4.69, 9.17) is 0 Å². The number of nitrogens with zero attached hydrogens (tertiary/aromatic N) is 2. The summed E-state index contributed by atoms with van der Waals surface area (Å²) in [6.07, 6.45) is 0. The average molecular weight is 366 g/mol. The molecule has 0 unspecified atom stereocenters. The van der Waals surface area contributed by atoms with Crippen LogP contribution in [0.5, 0.6) is 0 Å². The maximum absolute atomic E-state index is 13.8. The van der Waals surface area contributed by atoms with Gasteiger partial charge in [0.15, 0.2) is 0 Å². The first kappa shape index (κ1) is 18.6. The Morgan fingerprint density at radius 3 is 2.48 bits per heavy atom. The van der Waals surface area contributed by atoms with Crippen molar-refractivity contribution in [1.82, 2.24) is 20.4 Å². The lowest BCUT2D eigenvalue weighted by molar-refractivity contribution is 0.237. The number of aromatic nitrogens is 2. The van der Waals surface area contributed by atoms with Crippen molar-refractivity contribution in [1.29, 1.82) is 0 Å². The van der Waals surface area contributed by atoms with Gasteiger partial charge in [0, 0.05) is 23.4 Å². The van der Waals surface area contributed by atoms with E-state index in [1.165, 1.54) is 6.07 Å². The van der Waals surface area contributed by atoms with Crippen LogP contribution < -0.4 is 10.6 Å². The molecule has 1 heterocycles. The van der Waals surface area contributed by atoms with Crippen LogP contribution in [0.1, 0.15) is 35.5 Å². The fourth-order valence-corrected chi connectivity index (χ4v) is 3.07. The molecule has 0 spiro atoms. The minimum absolute atomic E-state index is 0.332. The minimum atomic E-state index is -0.430. The van der Waals surface area contributed by atoms with Crippen molar-refractivity contribution < 1.29 is 9.18 Å². The predicted octanol–water partition coefficient (Wildman–Crippen LogP) is 4.19. The third-order valence-electron chi connectivity index (χ3n) is 4.59. The molecule has 1 aromatic heterocycles. The monoisotopic (exact) mass is 366 g/mol. The van der Waals surface area contributed by atoms with Crippen molar-refractivity contribution in [3.8, 4) is 5.69 Å². The van der Waals surface area contributed by atoms with Crippen molar-refractivity contribution in [3.05, 3.63) is 82.9 Å². The quantitative estimate of drug-likeness (QED) is 0.711. The lowest BCUT2D eigenvalue weighted by atomic mass is 10.1. The highest BCUT2D eigenvalue weighted by molar-refractivity contribution is 5.74. The molecule has 0 aliphatic carbocycles. The molecule has 0 saturated heterocycles. The smallest absolute Gasteiger partial charge is 0.315 e. The van der Waals surface area contributed by atoms with Crippen molar-refractivity contribution in [2.45, 2.75) is 33.4 Å². The van der Waals surface area contributed by atoms with Crippen LogP contribution in [0.15, 0.2) is 54.6 Å². The van der Waals surface area contributed by atoms with Gasteiger partial charge in [0.25, 0.3) is 0 Å². The van der Waals surface area contributed by atoms with E-state index in [-0.39, 0.29) is 11.8 Å². The van der Waals surface area contributed by atoms with E-state index < -0.39 is 6.04 Å². The van der Waals surface area contributed by atoms with Crippen LogP contribution >= 0.6 is 0 Å². The zero-order valence-corrected chi connectivity index (χ0v) is 15.7. The van der Waals surface area contributed by atoms with Crippen molar-refractivity contribution in [3.63, 3.8) is 0 Å². The van der Waals surface area contributed by atoms with Crippen LogP contribution in [-0.4, -0.2) is 15.8 Å². The molecule has 2 N–H and O–H groups in total. The van der Waals surface area contributed by atoms with Crippen molar-refractivity contribution >= 4 is 6.03 Å². The summed E-state index contributed by atoms with van der Waals surface area (Å²) < 4.78 is 15.7. The van der Waals surface area contributed by atoms with Gasteiger partial charge in [-0.2, -0.15) is 5.10 Å². The molecular formula is C21H23FN4O. The van der Waals surface area contributed by atoms with Gasteiger partial charge in [0.05, 0.1) is 17.4 Å². The number of para-hydroxylation sites is 1. The van der Waals surface area contributed by atoms with Gasteiger partial charge in [-0.05, 0) is 39.0 Å². The SMILES string of the molecule is Cc1nn(-c2ccccc2)c(C)c1CNC(=O)N[C@H](C)c1ccccc1F. The Kier molecular flexibility index (Phi) is 5.54. The Balaban J connectivity index is 1.66. The number of benzene rings is 2. The zero-order chi connectivity index (χ0) is 19.4. The molecule has 6 heteroatoms. The number of urea groups is 1. The van der Waals surface area contributed by atoms with Gasteiger partial charge in [-0.25, -0.2) is 13.9 Å². The Morgan fingerprint density at radius 1 is 1.11 bits per heavy atom. The van der Waals surface area contributed by atoms with Gasteiger partial charge in [0.2, 0.25) is 0 Å². The number of carbonyl (C=O) groups is 1. The summed E-state index contributed by atoms with van der Waals surface area (Å²) in [6, 6.07) is 15.5. The highest BCUT2D eigenvalue weighted by Gasteiger charge is 2.16. The maximum Gasteiger partial charge on any atom is 0.315 e. The van der Waals surface area contributed by atoms with E-state index in [9.17, 15) is 9.18 Å². The number of rotatable bonds is 5. The summed E-state index contributed by atoms with van der Waals surface area (Å²) in [6.45, 7) is 6.00. The lowest BCUT2D eigenvalue weighted by Crippen LogP contribution is -2.37. The van der Waals surface area contributed by atoms with E-state index in [1.807, 2.05) is 48.9 Å². The number of amides is 2. The summed E-state index contributed by atoms with van der Waals surface area (Å²) in [5.41, 5.74) is 4.23. The zero-order valence-electron chi connectivity index (χ0n) is 15.7. The lowest BCUT2D eigenvalue weighted by Gasteiger charge is -2.16. The van der Waals surface area contributed by atoms with E-state index in [0.29, 0.717) is 12.1 Å². The molecule has 0 bridgehead atoms. The molecule has 3 aromatic rings. The highest BCUT2D eigenvalue weighted by Crippen LogP contribution is 2.18. The van der Waals surface area contributed by atoms with Crippen LogP contribution in [0, 0.1) is 19.7 Å². The van der Waals surface area contributed by atoms with Gasteiger partial charge < -0.3 is 10.6 Å². The van der Waals surface area contributed by atoms with E-state index in [2.05, 4.69) is 15.7 Å². The van der Waals surface area contributed by atoms with E-state index in [1.54, 1.807) is 25.1 Å². The number of hydrogen-bond donors (Lipinski definition) is 2. The Hall–Kier alpha value is -3.15. The standard InChI is InChI=1S/C21H23FN4O/c1-14(18-11-7-8-12-20(18)22)24-21(27)23-13-19-15(2)25-26(16(19)3)17-9-5-4-6-10-17/h4-12,14H,13H2,1-3H3,(H2,23,24,27)/t14-/m1/s1. The van der Waals surface area contributed by atoms with Crippen LogP contribution in [-0.2, 0) is 6.54 Å². The summed E-state index contributed by atoms with van der Waals surface area (Å²) in [7, 11) is 0. The largest absolute Gasteiger partial charge is 0.334 e. The maximum atomic E-state index is 13.8. The third kappa shape index (κ3) is 4.16. The van der Waals surface area contributed by atoms with Gasteiger partial charge >= 0.3 is 6.03 Å². The number of aryl methyl sites for hydroxylation is 1. The third-order valence-corrected chi connectivity index (χ3v) is 4.59. The van der Waals surface area contributed by atoms with Crippen LogP contribution in [0.4, 0.5) is 9.18 Å². The van der Waals surface area contributed by atoms with Crippen LogP contribution in [0.2, 0.25) is 0 Å². The van der Waals surface area contributed by atoms with Gasteiger partial charge in [-0.3, -0.25) is 0 Å². The fraction of sp³-hybridized carbons (Fsp3) is 0.238. The second kappa shape index (κ2) is 8.03. The molecule has 2 aromatic carbocycles. The van der Waals surface area contributed by atoms with E-state index in [0.717, 1.165) is 22.6 Å². The normalized spacial score (nSPS) is 11.9. The average Bonchev–Trinajstić information content (AvgIpc) is 2.95. The summed E-state index contributed by atoms with van der Waals surface area (Å²) in [5.74, 6) is -0.332. The first-order valence-electron chi connectivity index (χ1n) is 8.86.